The van der Waals surface area contributed by atoms with Crippen molar-refractivity contribution in [1.82, 2.24) is 0 Å². The maximum Gasteiger partial charge on any atom is 0.313 e. The van der Waals surface area contributed by atoms with Gasteiger partial charge in [-0.15, -0.1) is 11.6 Å². The maximum absolute atomic E-state index is 13.0. The van der Waals surface area contributed by atoms with Gasteiger partial charge in [-0.3, -0.25) is 9.59 Å². The number of carbonyl (C=O) groups excluding carboxylic acids is 2. The number of alkyl halides is 1. The summed E-state index contributed by atoms with van der Waals surface area (Å²) in [7, 11) is 0. The van der Waals surface area contributed by atoms with E-state index in [1.807, 2.05) is 29.7 Å². The molecule has 24 heavy (non-hydrogen) atoms. The second-order valence-electron chi connectivity index (χ2n) is 5.63. The Morgan fingerprint density at radius 1 is 1.42 bits per heavy atom. The Kier molecular flexibility index (Phi) is 4.97. The molecular formula is C19H17ClO3S. The predicted octanol–water partition coefficient (Wildman–Crippen LogP) is 4.63. The van der Waals surface area contributed by atoms with Crippen molar-refractivity contribution in [2.75, 3.05) is 6.61 Å². The lowest BCUT2D eigenvalue weighted by molar-refractivity contribution is -0.144. The van der Waals surface area contributed by atoms with Crippen molar-refractivity contribution in [2.24, 2.45) is 0 Å². The molecule has 1 aromatic carbocycles. The molecule has 2 unspecified atom stereocenters. The molecule has 3 rings (SSSR count). The molecule has 0 spiro atoms. The molecule has 1 heterocycles. The zero-order chi connectivity index (χ0) is 17.3. The summed E-state index contributed by atoms with van der Waals surface area (Å²) in [6.07, 6.45) is 5.51. The summed E-state index contributed by atoms with van der Waals surface area (Å²) in [6, 6.07) is 5.56. The van der Waals surface area contributed by atoms with Crippen molar-refractivity contribution in [3.63, 3.8) is 0 Å². The number of allylic oxidation sites excluding steroid dienone is 5. The van der Waals surface area contributed by atoms with Gasteiger partial charge in [-0.1, -0.05) is 36.1 Å². The van der Waals surface area contributed by atoms with Crippen molar-refractivity contribution in [3.05, 3.63) is 64.1 Å². The van der Waals surface area contributed by atoms with E-state index in [1.54, 1.807) is 26.0 Å². The summed E-state index contributed by atoms with van der Waals surface area (Å²) in [5, 5.41) is 1.68. The highest BCUT2D eigenvalue weighted by Gasteiger charge is 2.26. The molecule has 5 heteroatoms. The van der Waals surface area contributed by atoms with Gasteiger partial charge in [-0.05, 0) is 42.5 Å². The summed E-state index contributed by atoms with van der Waals surface area (Å²) in [6.45, 7) is 3.91. The summed E-state index contributed by atoms with van der Waals surface area (Å²) < 4.78 is 5.08. The number of ether oxygens (including phenoxy) is 1. The monoisotopic (exact) mass is 360 g/mol. The van der Waals surface area contributed by atoms with Crippen molar-refractivity contribution in [3.8, 4) is 0 Å². The molecule has 0 aromatic heterocycles. The lowest BCUT2D eigenvalue weighted by atomic mass is 9.91. The number of fused-ring (bicyclic) bond motifs is 2. The van der Waals surface area contributed by atoms with E-state index in [-0.39, 0.29) is 17.1 Å². The van der Waals surface area contributed by atoms with Crippen LogP contribution in [0.15, 0.2) is 57.9 Å². The summed E-state index contributed by atoms with van der Waals surface area (Å²) >= 11 is 7.63. The number of hydrogen-bond acceptors (Lipinski definition) is 4. The molecule has 1 aliphatic carbocycles. The van der Waals surface area contributed by atoms with Crippen LogP contribution in [0.2, 0.25) is 0 Å². The third-order valence-corrected chi connectivity index (χ3v) is 5.30. The Bertz CT molecular complexity index is 792. The number of thioether (sulfide) groups is 1. The molecule has 0 fully saturated rings. The first-order valence-corrected chi connectivity index (χ1v) is 9.09. The molecule has 0 amide bonds. The highest BCUT2D eigenvalue weighted by atomic mass is 35.5. The van der Waals surface area contributed by atoms with Gasteiger partial charge in [0.1, 0.15) is 0 Å². The molecular weight excluding hydrogens is 344 g/mol. The SMILES string of the molecule is CCOC(=O)C(C)c1ccc2c(c1)C(=O)C1=CC(Cl)C=CC1=CS2. The molecule has 0 N–H and O–H groups in total. The Hall–Kier alpha value is -1.78. The van der Waals surface area contributed by atoms with E-state index in [0.29, 0.717) is 17.7 Å². The Morgan fingerprint density at radius 2 is 2.21 bits per heavy atom. The fourth-order valence-electron chi connectivity index (χ4n) is 2.68. The van der Waals surface area contributed by atoms with Gasteiger partial charge in [0.05, 0.1) is 17.9 Å². The summed E-state index contributed by atoms with van der Waals surface area (Å²) in [5.41, 5.74) is 2.87. The van der Waals surface area contributed by atoms with Crippen LogP contribution in [0.1, 0.15) is 35.7 Å². The van der Waals surface area contributed by atoms with Crippen LogP contribution in [0.5, 0.6) is 0 Å². The van der Waals surface area contributed by atoms with Gasteiger partial charge in [-0.2, -0.15) is 0 Å². The minimum absolute atomic E-state index is 0.0610. The molecule has 124 valence electrons. The van der Waals surface area contributed by atoms with E-state index in [0.717, 1.165) is 16.0 Å². The zero-order valence-electron chi connectivity index (χ0n) is 13.4. The van der Waals surface area contributed by atoms with Crippen LogP contribution in [-0.4, -0.2) is 23.7 Å². The molecule has 1 aromatic rings. The van der Waals surface area contributed by atoms with Crippen LogP contribution in [0.3, 0.4) is 0 Å². The minimum Gasteiger partial charge on any atom is -0.466 e. The number of halogens is 1. The van der Waals surface area contributed by atoms with E-state index in [4.69, 9.17) is 16.3 Å². The molecule has 3 nitrogen and oxygen atoms in total. The first-order valence-electron chi connectivity index (χ1n) is 7.77. The zero-order valence-corrected chi connectivity index (χ0v) is 15.0. The quantitative estimate of drug-likeness (QED) is 0.582. The Balaban J connectivity index is 1.99. The predicted molar refractivity (Wildman–Crippen MR) is 96.6 cm³/mol. The van der Waals surface area contributed by atoms with E-state index in [9.17, 15) is 9.59 Å². The lowest BCUT2D eigenvalue weighted by Gasteiger charge is -2.15. The maximum atomic E-state index is 13.0. The third-order valence-electron chi connectivity index (χ3n) is 4.04. The van der Waals surface area contributed by atoms with Gasteiger partial charge in [0.2, 0.25) is 0 Å². The van der Waals surface area contributed by atoms with Crippen molar-refractivity contribution < 1.29 is 14.3 Å². The Labute approximate surface area is 150 Å². The van der Waals surface area contributed by atoms with Crippen LogP contribution in [0.25, 0.3) is 0 Å². The van der Waals surface area contributed by atoms with Gasteiger partial charge in [0.15, 0.2) is 5.78 Å². The van der Waals surface area contributed by atoms with E-state index in [2.05, 4.69) is 0 Å². The highest BCUT2D eigenvalue weighted by Crippen LogP contribution is 2.37. The highest BCUT2D eigenvalue weighted by molar-refractivity contribution is 8.02. The molecule has 1 aliphatic heterocycles. The second-order valence-corrected chi connectivity index (χ2v) is 7.05. The third kappa shape index (κ3) is 3.21. The molecule has 2 aliphatic rings. The summed E-state index contributed by atoms with van der Waals surface area (Å²) in [4.78, 5) is 25.8. The van der Waals surface area contributed by atoms with E-state index < -0.39 is 5.92 Å². The first kappa shape index (κ1) is 17.1. The normalized spacial score (nSPS) is 20.3. The van der Waals surface area contributed by atoms with Gasteiger partial charge in [0, 0.05) is 16.0 Å². The largest absolute Gasteiger partial charge is 0.466 e. The van der Waals surface area contributed by atoms with Crippen LogP contribution in [-0.2, 0) is 9.53 Å². The standard InChI is InChI=1S/C19H17ClO3S/c1-3-23-19(22)11(2)12-5-7-17-16(8-12)18(21)15-9-14(20)6-4-13(15)10-24-17/h4-11,14H,3H2,1-2H3. The molecule has 0 radical (unpaired) electrons. The molecule has 0 saturated heterocycles. The fourth-order valence-corrected chi connectivity index (χ4v) is 3.76. The minimum atomic E-state index is -0.412. The van der Waals surface area contributed by atoms with Crippen molar-refractivity contribution >= 4 is 35.1 Å². The van der Waals surface area contributed by atoms with Gasteiger partial charge >= 0.3 is 5.97 Å². The average molecular weight is 361 g/mol. The molecule has 0 bridgehead atoms. The topological polar surface area (TPSA) is 43.4 Å². The number of rotatable bonds is 3. The number of Topliss-reactive ketones (excluding diaryl/α,β-unsaturated/α-hetero) is 1. The van der Waals surface area contributed by atoms with E-state index in [1.165, 1.54) is 11.8 Å². The van der Waals surface area contributed by atoms with Gasteiger partial charge < -0.3 is 4.74 Å². The average Bonchev–Trinajstić information content (AvgIpc) is 2.71. The Morgan fingerprint density at radius 3 is 2.96 bits per heavy atom. The molecule has 2 atom stereocenters. The van der Waals surface area contributed by atoms with Gasteiger partial charge in [-0.25, -0.2) is 0 Å². The van der Waals surface area contributed by atoms with Crippen molar-refractivity contribution in [1.29, 1.82) is 0 Å². The smallest absolute Gasteiger partial charge is 0.313 e. The van der Waals surface area contributed by atoms with Crippen LogP contribution < -0.4 is 0 Å². The van der Waals surface area contributed by atoms with Crippen LogP contribution >= 0.6 is 23.4 Å². The number of ketones is 1. The number of carbonyl (C=O) groups is 2. The summed E-state index contributed by atoms with van der Waals surface area (Å²) in [5.74, 6) is -0.760. The van der Waals surface area contributed by atoms with Crippen molar-refractivity contribution in [2.45, 2.75) is 30.0 Å². The van der Waals surface area contributed by atoms with Crippen LogP contribution in [0, 0.1) is 0 Å². The number of esters is 1. The fraction of sp³-hybridized carbons (Fsp3) is 0.263. The number of benzene rings is 1. The molecule has 0 saturated carbocycles. The van der Waals surface area contributed by atoms with Crippen LogP contribution in [0.4, 0.5) is 0 Å². The first-order chi connectivity index (χ1) is 11.5. The number of hydrogen-bond donors (Lipinski definition) is 0. The van der Waals surface area contributed by atoms with Gasteiger partial charge in [0.25, 0.3) is 0 Å². The van der Waals surface area contributed by atoms with E-state index >= 15 is 0 Å². The lowest BCUT2D eigenvalue weighted by Crippen LogP contribution is -2.14. The second kappa shape index (κ2) is 6.99.